The van der Waals surface area contributed by atoms with Gasteiger partial charge in [-0.3, -0.25) is 9.59 Å². The smallest absolute Gasteiger partial charge is 0.242 e. The van der Waals surface area contributed by atoms with E-state index in [-0.39, 0.29) is 0 Å². The van der Waals surface area contributed by atoms with Crippen LogP contribution in [0.2, 0.25) is 0 Å². The Kier molecular flexibility index (Phi) is 4.02. The summed E-state index contributed by atoms with van der Waals surface area (Å²) in [6, 6.07) is 7.41. The number of hydrogen-bond acceptors (Lipinski definition) is 3. The standard InChI is InChI=1S/C11H15N3O2/c1-7(10(13)15)14-11(16)9(12)8-5-3-2-4-6-8/h2-7,9H,12H2,1H3,(H2,13,15)(H,14,16). The van der Waals surface area contributed by atoms with Gasteiger partial charge in [-0.05, 0) is 12.5 Å². The van der Waals surface area contributed by atoms with Crippen molar-refractivity contribution in [3.8, 4) is 0 Å². The van der Waals surface area contributed by atoms with Crippen LogP contribution in [0.3, 0.4) is 0 Å². The molecular weight excluding hydrogens is 206 g/mol. The second-order valence-corrected chi connectivity index (χ2v) is 3.52. The van der Waals surface area contributed by atoms with E-state index in [1.165, 1.54) is 6.92 Å². The fraction of sp³-hybridized carbons (Fsp3) is 0.273. The van der Waals surface area contributed by atoms with Gasteiger partial charge in [0.15, 0.2) is 0 Å². The number of primary amides is 1. The molecule has 0 aliphatic carbocycles. The molecule has 0 heterocycles. The molecule has 0 aliphatic heterocycles. The van der Waals surface area contributed by atoms with Crippen molar-refractivity contribution >= 4 is 11.8 Å². The van der Waals surface area contributed by atoms with Gasteiger partial charge < -0.3 is 16.8 Å². The summed E-state index contributed by atoms with van der Waals surface area (Å²) in [7, 11) is 0. The molecular formula is C11H15N3O2. The zero-order chi connectivity index (χ0) is 12.1. The van der Waals surface area contributed by atoms with E-state index in [9.17, 15) is 9.59 Å². The van der Waals surface area contributed by atoms with Gasteiger partial charge in [0.05, 0.1) is 0 Å². The summed E-state index contributed by atoms with van der Waals surface area (Å²) in [6.45, 7) is 1.51. The highest BCUT2D eigenvalue weighted by molar-refractivity contribution is 5.89. The highest BCUT2D eigenvalue weighted by atomic mass is 16.2. The molecule has 16 heavy (non-hydrogen) atoms. The quantitative estimate of drug-likeness (QED) is 0.649. The molecule has 1 aromatic carbocycles. The molecule has 0 aromatic heterocycles. The van der Waals surface area contributed by atoms with E-state index in [1.807, 2.05) is 6.07 Å². The summed E-state index contributed by atoms with van der Waals surface area (Å²) in [5, 5.41) is 2.44. The first-order valence-corrected chi connectivity index (χ1v) is 4.92. The van der Waals surface area contributed by atoms with Gasteiger partial charge in [0.2, 0.25) is 11.8 Å². The fourth-order valence-corrected chi connectivity index (χ4v) is 1.19. The molecule has 0 saturated carbocycles. The molecule has 1 rings (SSSR count). The van der Waals surface area contributed by atoms with Crippen LogP contribution in [0.1, 0.15) is 18.5 Å². The molecule has 0 bridgehead atoms. The second-order valence-electron chi connectivity index (χ2n) is 3.52. The maximum atomic E-state index is 11.6. The molecule has 0 fully saturated rings. The van der Waals surface area contributed by atoms with E-state index in [2.05, 4.69) is 5.32 Å². The fourth-order valence-electron chi connectivity index (χ4n) is 1.19. The van der Waals surface area contributed by atoms with Crippen molar-refractivity contribution in [1.29, 1.82) is 0 Å². The van der Waals surface area contributed by atoms with Crippen LogP contribution in [0.5, 0.6) is 0 Å². The van der Waals surface area contributed by atoms with Gasteiger partial charge >= 0.3 is 0 Å². The topological polar surface area (TPSA) is 98.2 Å². The number of rotatable bonds is 4. The summed E-state index contributed by atoms with van der Waals surface area (Å²) >= 11 is 0. The number of hydrogen-bond donors (Lipinski definition) is 3. The van der Waals surface area contributed by atoms with Crippen molar-refractivity contribution in [2.24, 2.45) is 11.5 Å². The number of nitrogens with two attached hydrogens (primary N) is 2. The molecule has 86 valence electrons. The lowest BCUT2D eigenvalue weighted by Gasteiger charge is -2.15. The minimum atomic E-state index is -0.789. The lowest BCUT2D eigenvalue weighted by molar-refractivity contribution is -0.127. The van der Waals surface area contributed by atoms with Crippen molar-refractivity contribution in [3.05, 3.63) is 35.9 Å². The molecule has 2 unspecified atom stereocenters. The summed E-state index contributed by atoms with van der Waals surface area (Å²) in [4.78, 5) is 22.4. The SMILES string of the molecule is CC(NC(=O)C(N)c1ccccc1)C(N)=O. The van der Waals surface area contributed by atoms with E-state index in [4.69, 9.17) is 11.5 Å². The zero-order valence-electron chi connectivity index (χ0n) is 9.01. The Morgan fingerprint density at radius 3 is 2.31 bits per heavy atom. The molecule has 5 nitrogen and oxygen atoms in total. The molecule has 2 atom stereocenters. The van der Waals surface area contributed by atoms with Crippen molar-refractivity contribution < 1.29 is 9.59 Å². The molecule has 2 amide bonds. The van der Waals surface area contributed by atoms with Crippen molar-refractivity contribution in [2.75, 3.05) is 0 Å². The molecule has 0 spiro atoms. The van der Waals surface area contributed by atoms with Gasteiger partial charge in [-0.2, -0.15) is 0 Å². The van der Waals surface area contributed by atoms with Gasteiger partial charge in [0.25, 0.3) is 0 Å². The van der Waals surface area contributed by atoms with E-state index in [0.29, 0.717) is 5.56 Å². The summed E-state index contributed by atoms with van der Waals surface area (Å²) in [5.74, 6) is -1.01. The van der Waals surface area contributed by atoms with Crippen LogP contribution >= 0.6 is 0 Å². The minimum absolute atomic E-state index is 0.419. The third kappa shape index (κ3) is 3.06. The third-order valence-corrected chi connectivity index (χ3v) is 2.23. The molecule has 0 aliphatic rings. The molecule has 5 N–H and O–H groups in total. The molecule has 0 radical (unpaired) electrons. The summed E-state index contributed by atoms with van der Waals surface area (Å²) in [6.07, 6.45) is 0. The first-order chi connectivity index (χ1) is 7.52. The highest BCUT2D eigenvalue weighted by Crippen LogP contribution is 2.09. The Hall–Kier alpha value is -1.88. The Balaban J connectivity index is 2.65. The van der Waals surface area contributed by atoms with Crippen LogP contribution in [0, 0.1) is 0 Å². The van der Waals surface area contributed by atoms with E-state index in [0.717, 1.165) is 0 Å². The van der Waals surface area contributed by atoms with Gasteiger partial charge in [0.1, 0.15) is 12.1 Å². The van der Waals surface area contributed by atoms with Crippen LogP contribution in [-0.4, -0.2) is 17.9 Å². The second kappa shape index (κ2) is 5.27. The minimum Gasteiger partial charge on any atom is -0.368 e. The van der Waals surface area contributed by atoms with E-state index < -0.39 is 23.9 Å². The number of nitrogens with one attached hydrogen (secondary N) is 1. The predicted molar refractivity (Wildman–Crippen MR) is 60.2 cm³/mol. The number of carbonyl (C=O) groups is 2. The number of benzene rings is 1. The Morgan fingerprint density at radius 2 is 1.81 bits per heavy atom. The van der Waals surface area contributed by atoms with Crippen molar-refractivity contribution in [3.63, 3.8) is 0 Å². The van der Waals surface area contributed by atoms with E-state index in [1.54, 1.807) is 24.3 Å². The zero-order valence-corrected chi connectivity index (χ0v) is 9.01. The molecule has 1 aromatic rings. The summed E-state index contributed by atoms with van der Waals surface area (Å²) in [5.41, 5.74) is 11.4. The van der Waals surface area contributed by atoms with Gasteiger partial charge in [-0.15, -0.1) is 0 Å². The average Bonchev–Trinajstić information content (AvgIpc) is 2.28. The largest absolute Gasteiger partial charge is 0.368 e. The van der Waals surface area contributed by atoms with Crippen LogP contribution < -0.4 is 16.8 Å². The normalized spacial score (nSPS) is 13.9. The van der Waals surface area contributed by atoms with Crippen molar-refractivity contribution in [1.82, 2.24) is 5.32 Å². The first kappa shape index (κ1) is 12.2. The lowest BCUT2D eigenvalue weighted by atomic mass is 10.1. The van der Waals surface area contributed by atoms with E-state index >= 15 is 0 Å². The maximum absolute atomic E-state index is 11.6. The summed E-state index contributed by atoms with van der Waals surface area (Å²) < 4.78 is 0. The van der Waals surface area contributed by atoms with Crippen LogP contribution in [0.25, 0.3) is 0 Å². The number of carbonyl (C=O) groups excluding carboxylic acids is 2. The van der Waals surface area contributed by atoms with Gasteiger partial charge in [0, 0.05) is 0 Å². The third-order valence-electron chi connectivity index (χ3n) is 2.23. The maximum Gasteiger partial charge on any atom is 0.242 e. The molecule has 5 heteroatoms. The number of amides is 2. The van der Waals surface area contributed by atoms with Crippen LogP contribution in [0.15, 0.2) is 30.3 Å². The van der Waals surface area contributed by atoms with Gasteiger partial charge in [-0.1, -0.05) is 30.3 Å². The van der Waals surface area contributed by atoms with Crippen LogP contribution in [-0.2, 0) is 9.59 Å². The Morgan fingerprint density at radius 1 is 1.25 bits per heavy atom. The Labute approximate surface area is 93.8 Å². The first-order valence-electron chi connectivity index (χ1n) is 4.92. The molecule has 0 saturated heterocycles. The monoisotopic (exact) mass is 221 g/mol. The predicted octanol–water partition coefficient (Wildman–Crippen LogP) is -0.324. The van der Waals surface area contributed by atoms with Crippen molar-refractivity contribution in [2.45, 2.75) is 19.0 Å². The Bertz CT molecular complexity index is 378. The average molecular weight is 221 g/mol. The van der Waals surface area contributed by atoms with Gasteiger partial charge in [-0.25, -0.2) is 0 Å². The lowest BCUT2D eigenvalue weighted by Crippen LogP contribution is -2.45. The van der Waals surface area contributed by atoms with Crippen LogP contribution in [0.4, 0.5) is 0 Å². The highest BCUT2D eigenvalue weighted by Gasteiger charge is 2.19.